The molecule has 51 heavy (non-hydrogen) atoms. The van der Waals surface area contributed by atoms with E-state index in [9.17, 15) is 45.9 Å². The fourth-order valence-electron chi connectivity index (χ4n) is 6.99. The van der Waals surface area contributed by atoms with Crippen LogP contribution in [0.4, 0.5) is 18.0 Å². The number of primary amides is 1. The standard InChI is InChI=1S/C32H39F3N4O6.C3H6O2S/c33-32(34,35)13-12-27(41)37-24-11-5-3-1-2-4-10-22-15-31(22,29(36)43)16-26(40)25-14-23(19-39(25)28(24)42)45-30(44)38-17-20-8-6-7-9-21(20)18-38;4-6(5)3-1-2-3/h4,6-10,22-25H,1-3,5,11-19H2,(H2,36,43)(H,37,41);3H,1-2H2,(H,4,5)/p-1/b10-4-;/t22-,23-,24+,25+,31-;/m1./s1. The van der Waals surface area contributed by atoms with E-state index >= 15 is 0 Å². The Bertz CT molecular complexity index is 1530. The highest BCUT2D eigenvalue weighted by Crippen LogP contribution is 2.56. The summed E-state index contributed by atoms with van der Waals surface area (Å²) in [6.07, 6.45) is 0.545. The summed E-state index contributed by atoms with van der Waals surface area (Å²) in [5.41, 5.74) is 6.68. The van der Waals surface area contributed by atoms with E-state index in [1.807, 2.05) is 36.4 Å². The molecule has 4 amide bonds. The van der Waals surface area contributed by atoms with Gasteiger partial charge in [0.05, 0.1) is 24.4 Å². The van der Waals surface area contributed by atoms with Gasteiger partial charge in [0.2, 0.25) is 17.7 Å². The topological polar surface area (TPSA) is 179 Å². The van der Waals surface area contributed by atoms with Gasteiger partial charge in [0.15, 0.2) is 5.78 Å². The third kappa shape index (κ3) is 10.2. The number of allylic oxidation sites excluding steroid dienone is 2. The molecule has 5 aliphatic rings. The lowest BCUT2D eigenvalue weighted by molar-refractivity contribution is -0.146. The Hall–Kier alpha value is -3.79. The van der Waals surface area contributed by atoms with Crippen LogP contribution in [0.25, 0.3) is 0 Å². The first kappa shape index (κ1) is 38.4. The summed E-state index contributed by atoms with van der Waals surface area (Å²) >= 11 is -1.76. The number of ketones is 1. The summed E-state index contributed by atoms with van der Waals surface area (Å²) in [7, 11) is 0. The summed E-state index contributed by atoms with van der Waals surface area (Å²) < 4.78 is 63.7. The highest BCUT2D eigenvalue weighted by molar-refractivity contribution is 7.80. The molecule has 3 fully saturated rings. The van der Waals surface area contributed by atoms with Crippen molar-refractivity contribution in [1.29, 1.82) is 0 Å². The smallest absolute Gasteiger partial charge is 0.410 e. The highest BCUT2D eigenvalue weighted by Gasteiger charge is 2.59. The maximum absolute atomic E-state index is 14.0. The molecule has 2 saturated carbocycles. The van der Waals surface area contributed by atoms with E-state index in [0.29, 0.717) is 38.8 Å². The van der Waals surface area contributed by atoms with Crippen molar-refractivity contribution < 1.29 is 50.6 Å². The van der Waals surface area contributed by atoms with Crippen molar-refractivity contribution in [1.82, 2.24) is 15.1 Å². The number of rotatable bonds is 6. The number of carbonyl (C=O) groups excluding carboxylic acids is 5. The molecule has 0 radical (unpaired) electrons. The van der Waals surface area contributed by atoms with E-state index in [0.717, 1.165) is 30.4 Å². The van der Waals surface area contributed by atoms with E-state index in [4.69, 9.17) is 10.5 Å². The van der Waals surface area contributed by atoms with Crippen molar-refractivity contribution in [3.63, 3.8) is 0 Å². The van der Waals surface area contributed by atoms with Crippen molar-refractivity contribution in [2.75, 3.05) is 6.54 Å². The van der Waals surface area contributed by atoms with Crippen LogP contribution in [0, 0.1) is 11.3 Å². The number of alkyl halides is 3. The highest BCUT2D eigenvalue weighted by atomic mass is 32.2. The van der Waals surface area contributed by atoms with Gasteiger partial charge < -0.3 is 25.2 Å². The number of fused-ring (bicyclic) bond motifs is 3. The van der Waals surface area contributed by atoms with Crippen LogP contribution >= 0.6 is 0 Å². The Morgan fingerprint density at radius 3 is 2.33 bits per heavy atom. The molecule has 6 atom stereocenters. The quantitative estimate of drug-likeness (QED) is 0.326. The second-order valence-electron chi connectivity index (χ2n) is 14.1. The SMILES string of the molecule is NC(=O)[C@]12CC(=O)[C@@H]3C[C@@H](OC(=O)N4Cc5ccccc5C4)CN3C(=O)[C@@H](NC(=O)CCC(F)(F)F)CCCCC/C=C\[C@@H]1C2.O=S([O-])C1CC1. The number of nitrogens with one attached hydrogen (secondary N) is 1. The van der Waals surface area contributed by atoms with Gasteiger partial charge in [-0.3, -0.25) is 28.3 Å². The number of hydrogen-bond donors (Lipinski definition) is 2. The second-order valence-corrected chi connectivity index (χ2v) is 15.3. The predicted octanol–water partition coefficient (Wildman–Crippen LogP) is 3.93. The molecule has 280 valence electrons. The summed E-state index contributed by atoms with van der Waals surface area (Å²) in [5, 5.41) is 2.49. The fraction of sp³-hybridized carbons (Fsp3) is 0.629. The van der Waals surface area contributed by atoms with Crippen molar-refractivity contribution in [3.8, 4) is 0 Å². The van der Waals surface area contributed by atoms with E-state index in [1.165, 1.54) is 9.80 Å². The first-order chi connectivity index (χ1) is 24.2. The van der Waals surface area contributed by atoms with Gasteiger partial charge in [-0.05, 0) is 55.6 Å². The number of nitrogens with two attached hydrogens (primary N) is 1. The van der Waals surface area contributed by atoms with Gasteiger partial charge in [0.25, 0.3) is 0 Å². The van der Waals surface area contributed by atoms with Crippen LogP contribution in [0.15, 0.2) is 36.4 Å². The fourth-order valence-corrected chi connectivity index (χ4v) is 7.51. The minimum Gasteiger partial charge on any atom is -0.772 e. The minimum atomic E-state index is -4.53. The molecule has 1 aromatic carbocycles. The summed E-state index contributed by atoms with van der Waals surface area (Å²) in [5.74, 6) is -2.76. The molecule has 1 unspecified atom stereocenters. The molecule has 0 aromatic heterocycles. The summed E-state index contributed by atoms with van der Waals surface area (Å²) in [6, 6.07) is 5.37. The van der Waals surface area contributed by atoms with Crippen LogP contribution in [0.1, 0.15) is 88.2 Å². The molecule has 3 heterocycles. The number of ether oxygens (including phenoxy) is 1. The van der Waals surface area contributed by atoms with Crippen molar-refractivity contribution in [3.05, 3.63) is 47.5 Å². The Balaban J connectivity index is 0.000000761. The van der Waals surface area contributed by atoms with Crippen LogP contribution in [0.2, 0.25) is 0 Å². The Labute approximate surface area is 297 Å². The van der Waals surface area contributed by atoms with Crippen LogP contribution < -0.4 is 11.1 Å². The van der Waals surface area contributed by atoms with E-state index in [1.54, 1.807) is 0 Å². The maximum atomic E-state index is 14.0. The molecule has 0 bridgehead atoms. The molecule has 12 nitrogen and oxygen atoms in total. The number of nitrogens with zero attached hydrogens (tertiary/aromatic N) is 2. The van der Waals surface area contributed by atoms with Gasteiger partial charge in [0.1, 0.15) is 12.1 Å². The van der Waals surface area contributed by atoms with Gasteiger partial charge in [0, 0.05) is 37.6 Å². The van der Waals surface area contributed by atoms with Gasteiger partial charge >= 0.3 is 12.3 Å². The minimum absolute atomic E-state index is 0.0127. The number of halogens is 3. The van der Waals surface area contributed by atoms with E-state index in [2.05, 4.69) is 5.32 Å². The third-order valence-electron chi connectivity index (χ3n) is 10.2. The summed E-state index contributed by atoms with van der Waals surface area (Å²) in [4.78, 5) is 68.7. The predicted molar refractivity (Wildman–Crippen MR) is 177 cm³/mol. The number of hydrogen-bond acceptors (Lipinski definition) is 8. The van der Waals surface area contributed by atoms with Crippen molar-refractivity contribution >= 4 is 40.7 Å². The second kappa shape index (κ2) is 16.3. The van der Waals surface area contributed by atoms with Crippen LogP contribution in [0.5, 0.6) is 0 Å². The van der Waals surface area contributed by atoms with Crippen molar-refractivity contribution in [2.45, 2.75) is 120 Å². The molecule has 1 aromatic rings. The van der Waals surface area contributed by atoms with E-state index in [-0.39, 0.29) is 37.0 Å². The van der Waals surface area contributed by atoms with Gasteiger partial charge in [-0.1, -0.05) is 60.3 Å². The average molecular weight is 738 g/mol. The molecule has 2 aliphatic carbocycles. The van der Waals surface area contributed by atoms with Gasteiger partial charge in [-0.15, -0.1) is 0 Å². The molecule has 3 aliphatic heterocycles. The number of carbonyl (C=O) groups is 5. The zero-order valence-electron chi connectivity index (χ0n) is 28.2. The number of amides is 4. The zero-order chi connectivity index (χ0) is 36.9. The van der Waals surface area contributed by atoms with Gasteiger partial charge in [-0.2, -0.15) is 13.2 Å². The largest absolute Gasteiger partial charge is 0.772 e. The first-order valence-electron chi connectivity index (χ1n) is 17.4. The molecular weight excluding hydrogens is 693 g/mol. The van der Waals surface area contributed by atoms with Crippen LogP contribution in [0.3, 0.4) is 0 Å². The third-order valence-corrected chi connectivity index (χ3v) is 11.2. The Morgan fingerprint density at radius 2 is 1.75 bits per heavy atom. The Kier molecular flexibility index (Phi) is 12.3. The van der Waals surface area contributed by atoms with Crippen LogP contribution in [-0.2, 0) is 48.1 Å². The van der Waals surface area contributed by atoms with E-state index < -0.39 is 83.3 Å². The molecule has 16 heteroatoms. The number of Topliss-reactive ketones (excluding diaryl/α,β-unsaturated/α-hetero) is 1. The molecule has 3 N–H and O–H groups in total. The van der Waals surface area contributed by atoms with Crippen LogP contribution in [-0.4, -0.2) is 84.3 Å². The molecule has 0 spiro atoms. The monoisotopic (exact) mass is 737 g/mol. The maximum Gasteiger partial charge on any atom is 0.410 e. The Morgan fingerprint density at radius 1 is 1.06 bits per heavy atom. The zero-order valence-corrected chi connectivity index (χ0v) is 29.1. The molecule has 6 rings (SSSR count). The lowest BCUT2D eigenvalue weighted by Crippen LogP contribution is -2.52. The van der Waals surface area contributed by atoms with Gasteiger partial charge in [-0.25, -0.2) is 4.79 Å². The summed E-state index contributed by atoms with van der Waals surface area (Å²) in [6.45, 7) is 0.577. The number of benzene rings is 1. The van der Waals surface area contributed by atoms with Crippen molar-refractivity contribution in [2.24, 2.45) is 17.1 Å². The normalized spacial score (nSPS) is 29.2. The lowest BCUT2D eigenvalue weighted by Gasteiger charge is -2.29. The molecular formula is C35H44F3N4O8S-. The lowest BCUT2D eigenvalue weighted by atomic mass is 9.91. The molecule has 1 saturated heterocycles. The average Bonchev–Trinajstić information content (AvgIpc) is 3.96. The first-order valence-corrected chi connectivity index (χ1v) is 18.6.